The molecule has 19 heavy (non-hydrogen) atoms. The third kappa shape index (κ3) is 3.00. The van der Waals surface area contributed by atoms with Crippen molar-refractivity contribution in [3.05, 3.63) is 18.2 Å². The Hall–Kier alpha value is -1.72. The fraction of sp³-hybridized carbons (Fsp3) is 0.615. The highest BCUT2D eigenvalue weighted by Crippen LogP contribution is 2.32. The van der Waals surface area contributed by atoms with Gasteiger partial charge in [-0.1, -0.05) is 0 Å². The lowest BCUT2D eigenvalue weighted by Gasteiger charge is -2.32. The van der Waals surface area contributed by atoms with Crippen molar-refractivity contribution >= 4 is 5.91 Å². The molecule has 1 saturated carbocycles. The molecule has 2 heterocycles. The molecule has 1 aliphatic carbocycles. The molecule has 1 aliphatic heterocycles. The van der Waals surface area contributed by atoms with Gasteiger partial charge in [0.05, 0.1) is 18.9 Å². The van der Waals surface area contributed by atoms with E-state index in [2.05, 4.69) is 9.97 Å². The van der Waals surface area contributed by atoms with Crippen LogP contribution in [0.3, 0.4) is 0 Å². The standard InChI is InChI=1S/C13H16FN3O2/c14-10-6-15-13(16-7-10)19-11-2-1-5-17(8-11)12(18)9-3-4-9/h6-7,9,11H,1-5,8H2/t11-/m0/s1. The van der Waals surface area contributed by atoms with Gasteiger partial charge in [-0.2, -0.15) is 0 Å². The van der Waals surface area contributed by atoms with Gasteiger partial charge in [-0.3, -0.25) is 4.79 Å². The molecular formula is C13H16FN3O2. The third-order valence-electron chi connectivity index (χ3n) is 3.49. The van der Waals surface area contributed by atoms with E-state index in [0.29, 0.717) is 6.54 Å². The largest absolute Gasteiger partial charge is 0.458 e. The SMILES string of the molecule is O=C(C1CC1)N1CCC[C@H](Oc2ncc(F)cn2)C1. The van der Waals surface area contributed by atoms with Crippen LogP contribution in [0.25, 0.3) is 0 Å². The number of hydrogen-bond donors (Lipinski definition) is 0. The van der Waals surface area contributed by atoms with Crippen molar-refractivity contribution in [1.29, 1.82) is 0 Å². The van der Waals surface area contributed by atoms with E-state index in [0.717, 1.165) is 44.6 Å². The van der Waals surface area contributed by atoms with Gasteiger partial charge in [0.15, 0.2) is 5.82 Å². The van der Waals surface area contributed by atoms with Crippen molar-refractivity contribution in [3.63, 3.8) is 0 Å². The zero-order chi connectivity index (χ0) is 13.2. The van der Waals surface area contributed by atoms with Gasteiger partial charge >= 0.3 is 6.01 Å². The van der Waals surface area contributed by atoms with E-state index in [9.17, 15) is 9.18 Å². The van der Waals surface area contributed by atoms with Crippen LogP contribution in [0.15, 0.2) is 12.4 Å². The van der Waals surface area contributed by atoms with Gasteiger partial charge in [0.1, 0.15) is 6.10 Å². The van der Waals surface area contributed by atoms with E-state index >= 15 is 0 Å². The lowest BCUT2D eigenvalue weighted by Crippen LogP contribution is -2.45. The number of ether oxygens (including phenoxy) is 1. The molecule has 1 amide bonds. The van der Waals surface area contributed by atoms with Gasteiger partial charge in [0, 0.05) is 12.5 Å². The molecule has 3 rings (SSSR count). The number of nitrogens with zero attached hydrogens (tertiary/aromatic N) is 3. The molecule has 0 N–H and O–H groups in total. The molecule has 0 radical (unpaired) electrons. The predicted octanol–water partition coefficient (Wildman–Crippen LogP) is 1.40. The van der Waals surface area contributed by atoms with Crippen molar-refractivity contribution in [3.8, 4) is 6.01 Å². The number of halogens is 1. The summed E-state index contributed by atoms with van der Waals surface area (Å²) in [4.78, 5) is 21.4. The Balaban J connectivity index is 1.58. The molecular weight excluding hydrogens is 249 g/mol. The van der Waals surface area contributed by atoms with Crippen molar-refractivity contribution in [2.24, 2.45) is 5.92 Å². The molecule has 1 atom stereocenters. The van der Waals surface area contributed by atoms with Crippen LogP contribution in [0.2, 0.25) is 0 Å². The fourth-order valence-electron chi connectivity index (χ4n) is 2.33. The average molecular weight is 265 g/mol. The van der Waals surface area contributed by atoms with Crippen molar-refractivity contribution in [2.45, 2.75) is 31.8 Å². The van der Waals surface area contributed by atoms with Crippen LogP contribution in [-0.2, 0) is 4.79 Å². The van der Waals surface area contributed by atoms with Crippen LogP contribution in [0, 0.1) is 11.7 Å². The van der Waals surface area contributed by atoms with E-state index in [1.807, 2.05) is 4.90 Å². The van der Waals surface area contributed by atoms with Gasteiger partial charge in [-0.15, -0.1) is 0 Å². The Labute approximate surface area is 110 Å². The van der Waals surface area contributed by atoms with E-state index in [4.69, 9.17) is 4.74 Å². The lowest BCUT2D eigenvalue weighted by molar-refractivity contribution is -0.135. The van der Waals surface area contributed by atoms with Crippen LogP contribution in [0.4, 0.5) is 4.39 Å². The van der Waals surface area contributed by atoms with E-state index in [1.54, 1.807) is 0 Å². The number of likely N-dealkylation sites (tertiary alicyclic amines) is 1. The van der Waals surface area contributed by atoms with Crippen molar-refractivity contribution in [1.82, 2.24) is 14.9 Å². The quantitative estimate of drug-likeness (QED) is 0.829. The first-order valence-corrected chi connectivity index (χ1v) is 6.65. The summed E-state index contributed by atoms with van der Waals surface area (Å²) >= 11 is 0. The molecule has 102 valence electrons. The van der Waals surface area contributed by atoms with Gasteiger partial charge in [0.25, 0.3) is 0 Å². The molecule has 5 nitrogen and oxygen atoms in total. The third-order valence-corrected chi connectivity index (χ3v) is 3.49. The summed E-state index contributed by atoms with van der Waals surface area (Å²) in [7, 11) is 0. The van der Waals surface area contributed by atoms with Crippen molar-refractivity contribution in [2.75, 3.05) is 13.1 Å². The molecule has 1 saturated heterocycles. The van der Waals surface area contributed by atoms with E-state index < -0.39 is 5.82 Å². The zero-order valence-corrected chi connectivity index (χ0v) is 10.6. The Kier molecular flexibility index (Phi) is 3.31. The molecule has 0 unspecified atom stereocenters. The summed E-state index contributed by atoms with van der Waals surface area (Å²) < 4.78 is 18.3. The smallest absolute Gasteiger partial charge is 0.316 e. The lowest BCUT2D eigenvalue weighted by atomic mass is 10.1. The summed E-state index contributed by atoms with van der Waals surface area (Å²) in [5.74, 6) is -0.00400. The summed E-state index contributed by atoms with van der Waals surface area (Å²) in [5, 5.41) is 0. The first-order chi connectivity index (χ1) is 9.22. The Morgan fingerprint density at radius 2 is 2.05 bits per heavy atom. The van der Waals surface area contributed by atoms with Gasteiger partial charge in [-0.05, 0) is 25.7 Å². The maximum absolute atomic E-state index is 12.7. The summed E-state index contributed by atoms with van der Waals surface area (Å²) in [6.07, 6.45) is 5.89. The second-order valence-electron chi connectivity index (χ2n) is 5.12. The van der Waals surface area contributed by atoms with Crippen LogP contribution in [0.1, 0.15) is 25.7 Å². The molecule has 2 fully saturated rings. The first kappa shape index (κ1) is 12.3. The number of carbonyl (C=O) groups is 1. The number of carbonyl (C=O) groups excluding carboxylic acids is 1. The highest BCUT2D eigenvalue weighted by atomic mass is 19.1. The van der Waals surface area contributed by atoms with Crippen LogP contribution < -0.4 is 4.74 Å². The van der Waals surface area contributed by atoms with Crippen LogP contribution in [0.5, 0.6) is 6.01 Å². The minimum atomic E-state index is -0.485. The molecule has 1 aromatic rings. The van der Waals surface area contributed by atoms with E-state index in [1.165, 1.54) is 0 Å². The molecule has 2 aliphatic rings. The number of aromatic nitrogens is 2. The highest BCUT2D eigenvalue weighted by Gasteiger charge is 2.35. The molecule has 6 heteroatoms. The Bertz CT molecular complexity index is 461. The summed E-state index contributed by atoms with van der Waals surface area (Å²) in [5.41, 5.74) is 0. The molecule has 1 aromatic heterocycles. The van der Waals surface area contributed by atoms with E-state index in [-0.39, 0.29) is 23.9 Å². The Morgan fingerprint density at radius 1 is 1.32 bits per heavy atom. The van der Waals surface area contributed by atoms with Crippen LogP contribution >= 0.6 is 0 Å². The maximum atomic E-state index is 12.7. The normalized spacial score (nSPS) is 23.2. The fourth-order valence-corrected chi connectivity index (χ4v) is 2.33. The van der Waals surface area contributed by atoms with Crippen LogP contribution in [-0.4, -0.2) is 40.0 Å². The van der Waals surface area contributed by atoms with Crippen molar-refractivity contribution < 1.29 is 13.9 Å². The average Bonchev–Trinajstić information content (AvgIpc) is 3.25. The molecule has 0 spiro atoms. The highest BCUT2D eigenvalue weighted by molar-refractivity contribution is 5.81. The predicted molar refractivity (Wildman–Crippen MR) is 64.9 cm³/mol. The first-order valence-electron chi connectivity index (χ1n) is 6.65. The second kappa shape index (κ2) is 5.11. The zero-order valence-electron chi connectivity index (χ0n) is 10.6. The van der Waals surface area contributed by atoms with Gasteiger partial charge < -0.3 is 9.64 Å². The summed E-state index contributed by atoms with van der Waals surface area (Å²) in [6, 6.07) is 0.173. The number of amides is 1. The topological polar surface area (TPSA) is 55.3 Å². The maximum Gasteiger partial charge on any atom is 0.316 e. The number of hydrogen-bond acceptors (Lipinski definition) is 4. The van der Waals surface area contributed by atoms with Gasteiger partial charge in [-0.25, -0.2) is 14.4 Å². The Morgan fingerprint density at radius 3 is 2.74 bits per heavy atom. The van der Waals surface area contributed by atoms with Gasteiger partial charge in [0.2, 0.25) is 5.91 Å². The molecule has 0 aromatic carbocycles. The number of rotatable bonds is 3. The minimum absolute atomic E-state index is 0.0955. The number of piperidine rings is 1. The summed E-state index contributed by atoms with van der Waals surface area (Å²) in [6.45, 7) is 1.38. The minimum Gasteiger partial charge on any atom is -0.458 e. The second-order valence-corrected chi connectivity index (χ2v) is 5.12. The molecule has 0 bridgehead atoms. The monoisotopic (exact) mass is 265 g/mol.